The van der Waals surface area contributed by atoms with E-state index in [0.29, 0.717) is 18.5 Å². The lowest BCUT2D eigenvalue weighted by molar-refractivity contribution is -0.121. The Balaban J connectivity index is 1.79. The van der Waals surface area contributed by atoms with E-state index in [9.17, 15) is 9.90 Å². The number of phenolic OH excluding ortho intramolecular Hbond substituents is 1. The number of amides is 1. The molecule has 1 amide bonds. The van der Waals surface area contributed by atoms with Crippen LogP contribution in [0, 0.1) is 0 Å². The third-order valence-corrected chi connectivity index (χ3v) is 3.78. The molecule has 4 heteroatoms. The molecule has 0 saturated heterocycles. The Kier molecular flexibility index (Phi) is 4.80. The van der Waals surface area contributed by atoms with E-state index in [1.807, 2.05) is 13.1 Å². The predicted molar refractivity (Wildman–Crippen MR) is 75.1 cm³/mol. The molecule has 0 aliphatic heterocycles. The number of carbonyl (C=O) groups excluding carboxylic acids is 1. The highest BCUT2D eigenvalue weighted by Gasteiger charge is 2.21. The summed E-state index contributed by atoms with van der Waals surface area (Å²) in [5.74, 6) is 0.248. The number of hydrogen-bond donors (Lipinski definition) is 3. The van der Waals surface area contributed by atoms with E-state index >= 15 is 0 Å². The summed E-state index contributed by atoms with van der Waals surface area (Å²) in [6.07, 6.45) is 4.65. The number of aromatic hydroxyl groups is 1. The van der Waals surface area contributed by atoms with E-state index in [1.165, 1.54) is 0 Å². The number of nitrogens with one attached hydrogen (secondary N) is 2. The fraction of sp³-hybridized carbons (Fsp3) is 0.533. The van der Waals surface area contributed by atoms with Gasteiger partial charge in [0, 0.05) is 12.1 Å². The average Bonchev–Trinajstić information content (AvgIpc) is 2.39. The second kappa shape index (κ2) is 6.57. The minimum atomic E-state index is 0.0403. The van der Waals surface area contributed by atoms with Gasteiger partial charge in [-0.2, -0.15) is 0 Å². The molecule has 0 aromatic heterocycles. The molecule has 2 rings (SSSR count). The summed E-state index contributed by atoms with van der Waals surface area (Å²) in [7, 11) is 1.99. The van der Waals surface area contributed by atoms with Crippen molar-refractivity contribution < 1.29 is 9.90 Å². The van der Waals surface area contributed by atoms with E-state index in [0.717, 1.165) is 31.2 Å². The monoisotopic (exact) mass is 262 g/mol. The smallest absolute Gasteiger partial charge is 0.224 e. The van der Waals surface area contributed by atoms with E-state index in [2.05, 4.69) is 10.6 Å². The molecule has 4 nitrogen and oxygen atoms in total. The highest BCUT2D eigenvalue weighted by molar-refractivity contribution is 5.79. The van der Waals surface area contributed by atoms with Gasteiger partial charge in [0.05, 0.1) is 6.42 Å². The zero-order valence-electron chi connectivity index (χ0n) is 11.4. The quantitative estimate of drug-likeness (QED) is 0.772. The molecule has 0 heterocycles. The maximum Gasteiger partial charge on any atom is 0.224 e. The lowest BCUT2D eigenvalue weighted by atomic mass is 9.91. The topological polar surface area (TPSA) is 61.4 Å². The van der Waals surface area contributed by atoms with Gasteiger partial charge in [-0.25, -0.2) is 0 Å². The van der Waals surface area contributed by atoms with Crippen LogP contribution in [-0.4, -0.2) is 30.1 Å². The van der Waals surface area contributed by atoms with Crippen molar-refractivity contribution in [2.45, 2.75) is 44.2 Å². The minimum Gasteiger partial charge on any atom is -0.508 e. The Hall–Kier alpha value is -1.55. The zero-order valence-corrected chi connectivity index (χ0v) is 11.4. The molecule has 1 aromatic carbocycles. The van der Waals surface area contributed by atoms with Gasteiger partial charge in [-0.1, -0.05) is 12.1 Å². The second-order valence-electron chi connectivity index (χ2n) is 5.25. The SMILES string of the molecule is CNC1CCC(NC(=O)Cc2cccc(O)c2)CC1. The molecule has 0 spiro atoms. The maximum absolute atomic E-state index is 11.9. The van der Waals surface area contributed by atoms with E-state index < -0.39 is 0 Å². The minimum absolute atomic E-state index is 0.0403. The first-order valence-electron chi connectivity index (χ1n) is 6.92. The van der Waals surface area contributed by atoms with E-state index in [-0.39, 0.29) is 11.7 Å². The van der Waals surface area contributed by atoms with Crippen LogP contribution >= 0.6 is 0 Å². The largest absolute Gasteiger partial charge is 0.508 e. The number of rotatable bonds is 4. The maximum atomic E-state index is 11.9. The van der Waals surface area contributed by atoms with Crippen molar-refractivity contribution >= 4 is 5.91 Å². The Bertz CT molecular complexity index is 426. The van der Waals surface area contributed by atoms with Crippen molar-refractivity contribution in [3.63, 3.8) is 0 Å². The molecule has 1 saturated carbocycles. The van der Waals surface area contributed by atoms with Gasteiger partial charge in [-0.15, -0.1) is 0 Å². The molecule has 3 N–H and O–H groups in total. The first kappa shape index (κ1) is 13.9. The Morgan fingerprint density at radius 3 is 2.58 bits per heavy atom. The van der Waals surface area contributed by atoms with Gasteiger partial charge >= 0.3 is 0 Å². The van der Waals surface area contributed by atoms with Crippen molar-refractivity contribution in [1.82, 2.24) is 10.6 Å². The molecule has 104 valence electrons. The summed E-state index contributed by atoms with van der Waals surface area (Å²) in [5, 5.41) is 15.7. The lowest BCUT2D eigenvalue weighted by Crippen LogP contribution is -2.41. The molecule has 1 aliphatic carbocycles. The van der Waals surface area contributed by atoms with Gasteiger partial charge in [0.15, 0.2) is 0 Å². The van der Waals surface area contributed by atoms with Crippen LogP contribution in [0.3, 0.4) is 0 Å². The first-order valence-corrected chi connectivity index (χ1v) is 6.92. The molecule has 0 bridgehead atoms. The second-order valence-corrected chi connectivity index (χ2v) is 5.25. The third kappa shape index (κ3) is 4.24. The molecule has 0 unspecified atom stereocenters. The highest BCUT2D eigenvalue weighted by Crippen LogP contribution is 2.18. The summed E-state index contributed by atoms with van der Waals surface area (Å²) in [6.45, 7) is 0. The van der Waals surface area contributed by atoms with Crippen molar-refractivity contribution in [2.24, 2.45) is 0 Å². The predicted octanol–water partition coefficient (Wildman–Crippen LogP) is 1.58. The van der Waals surface area contributed by atoms with E-state index in [1.54, 1.807) is 18.2 Å². The first-order chi connectivity index (χ1) is 9.17. The van der Waals surface area contributed by atoms with Crippen LogP contribution < -0.4 is 10.6 Å². The Morgan fingerprint density at radius 2 is 1.95 bits per heavy atom. The molecule has 1 fully saturated rings. The normalized spacial score (nSPS) is 23.0. The molecular weight excluding hydrogens is 240 g/mol. The third-order valence-electron chi connectivity index (χ3n) is 3.78. The zero-order chi connectivity index (χ0) is 13.7. The highest BCUT2D eigenvalue weighted by atomic mass is 16.3. The molecule has 19 heavy (non-hydrogen) atoms. The van der Waals surface area contributed by atoms with Crippen molar-refractivity contribution in [3.8, 4) is 5.75 Å². The molecule has 0 atom stereocenters. The fourth-order valence-corrected chi connectivity index (χ4v) is 2.66. The van der Waals surface area contributed by atoms with Crippen LogP contribution in [0.4, 0.5) is 0 Å². The standard InChI is InChI=1S/C15H22N2O2/c1-16-12-5-7-13(8-6-12)17-15(19)10-11-3-2-4-14(18)9-11/h2-4,9,12-13,16,18H,5-8,10H2,1H3,(H,17,19). The summed E-state index contributed by atoms with van der Waals surface area (Å²) in [5.41, 5.74) is 0.849. The van der Waals surface area contributed by atoms with Crippen LogP contribution in [0.25, 0.3) is 0 Å². The summed E-state index contributed by atoms with van der Waals surface area (Å²) in [6, 6.07) is 7.76. The van der Waals surface area contributed by atoms with E-state index in [4.69, 9.17) is 0 Å². The van der Waals surface area contributed by atoms with Crippen LogP contribution in [-0.2, 0) is 11.2 Å². The summed E-state index contributed by atoms with van der Waals surface area (Å²) < 4.78 is 0. The van der Waals surface area contributed by atoms with Crippen molar-refractivity contribution in [3.05, 3.63) is 29.8 Å². The lowest BCUT2D eigenvalue weighted by Gasteiger charge is -2.28. The number of phenols is 1. The van der Waals surface area contributed by atoms with Gasteiger partial charge in [0.25, 0.3) is 0 Å². The van der Waals surface area contributed by atoms with Crippen molar-refractivity contribution in [1.29, 1.82) is 0 Å². The van der Waals surface area contributed by atoms with Gasteiger partial charge in [-0.05, 0) is 50.4 Å². The molecule has 0 radical (unpaired) electrons. The number of benzene rings is 1. The fourth-order valence-electron chi connectivity index (χ4n) is 2.66. The Labute approximate surface area is 114 Å². The van der Waals surface area contributed by atoms with Crippen LogP contribution in [0.5, 0.6) is 5.75 Å². The molecule has 1 aliphatic rings. The van der Waals surface area contributed by atoms with Crippen LogP contribution in [0.15, 0.2) is 24.3 Å². The van der Waals surface area contributed by atoms with Gasteiger partial charge in [0.1, 0.15) is 5.75 Å². The summed E-state index contributed by atoms with van der Waals surface area (Å²) in [4.78, 5) is 11.9. The van der Waals surface area contributed by atoms with Crippen molar-refractivity contribution in [2.75, 3.05) is 7.05 Å². The van der Waals surface area contributed by atoms with Gasteiger partial charge < -0.3 is 15.7 Å². The molecule has 1 aromatic rings. The van der Waals surface area contributed by atoms with Crippen LogP contribution in [0.1, 0.15) is 31.2 Å². The Morgan fingerprint density at radius 1 is 1.26 bits per heavy atom. The van der Waals surface area contributed by atoms with Gasteiger partial charge in [-0.3, -0.25) is 4.79 Å². The summed E-state index contributed by atoms with van der Waals surface area (Å²) >= 11 is 0. The van der Waals surface area contributed by atoms with Crippen LogP contribution in [0.2, 0.25) is 0 Å². The average molecular weight is 262 g/mol. The van der Waals surface area contributed by atoms with Gasteiger partial charge in [0.2, 0.25) is 5.91 Å². The number of hydrogen-bond acceptors (Lipinski definition) is 3. The number of carbonyl (C=O) groups is 1. The molecular formula is C15H22N2O2.